The Labute approximate surface area is 96.6 Å². The van der Waals surface area contributed by atoms with Gasteiger partial charge in [0, 0.05) is 12.3 Å². The Balaban J connectivity index is 2.84. The molecule has 0 aliphatic rings. The first kappa shape index (κ1) is 10.9. The highest BCUT2D eigenvalue weighted by atomic mass is 16.4. The third-order valence-corrected chi connectivity index (χ3v) is 2.46. The van der Waals surface area contributed by atoms with E-state index in [1.165, 1.54) is 0 Å². The lowest BCUT2D eigenvalue weighted by molar-refractivity contribution is -0.136. The summed E-state index contributed by atoms with van der Waals surface area (Å²) < 4.78 is 6.52. The summed E-state index contributed by atoms with van der Waals surface area (Å²) in [5.41, 5.74) is 1.58. The van der Waals surface area contributed by atoms with E-state index in [0.29, 0.717) is 6.42 Å². The summed E-state index contributed by atoms with van der Waals surface area (Å²) >= 11 is 0. The minimum Gasteiger partial charge on any atom is -0.481 e. The van der Waals surface area contributed by atoms with Crippen LogP contribution in [0.2, 0.25) is 0 Å². The zero-order valence-electron chi connectivity index (χ0n) is 10.5. The van der Waals surface area contributed by atoms with Crippen LogP contribution in [0.15, 0.2) is 24.3 Å². The number of aliphatic carboxylic acids is 1. The summed E-state index contributed by atoms with van der Waals surface area (Å²) in [6.45, 7) is 3.70. The fourth-order valence-corrected chi connectivity index (χ4v) is 1.45. The van der Waals surface area contributed by atoms with Crippen molar-refractivity contribution in [1.82, 2.24) is 0 Å². The van der Waals surface area contributed by atoms with Gasteiger partial charge in [0.25, 0.3) is 1.43 Å². The molecule has 0 radical (unpaired) electrons. The monoisotopic (exact) mass is 221 g/mol. The van der Waals surface area contributed by atoms with E-state index in [1.807, 2.05) is 26.0 Å². The van der Waals surface area contributed by atoms with Crippen LogP contribution in [0, 0.1) is 5.92 Å². The molecular formula is C13H16O3. The van der Waals surface area contributed by atoms with Gasteiger partial charge in [-0.05, 0) is 11.1 Å². The summed E-state index contributed by atoms with van der Waals surface area (Å²) in [5.74, 6) is -0.502. The lowest BCUT2D eigenvalue weighted by Crippen LogP contribution is -2.12. The lowest BCUT2D eigenvalue weighted by Gasteiger charge is -2.08. The first-order chi connectivity index (χ1) is 8.04. The van der Waals surface area contributed by atoms with Crippen LogP contribution in [0.4, 0.5) is 0 Å². The van der Waals surface area contributed by atoms with Crippen molar-refractivity contribution in [2.75, 3.05) is 0 Å². The van der Waals surface area contributed by atoms with Crippen LogP contribution in [0.3, 0.4) is 0 Å². The lowest BCUT2D eigenvalue weighted by atomic mass is 9.96. The standard InChI is InChI=1S/C13H16O3/c1-9(2)12(14)7-10-5-3-4-6-11(10)8-13(15)16/h3-6,9H,7-8H2,1-2H3,(H,15,16)/i/hD. The van der Waals surface area contributed by atoms with Crippen LogP contribution in [0.1, 0.15) is 25.0 Å². The molecule has 0 aliphatic carbocycles. The van der Waals surface area contributed by atoms with Gasteiger partial charge in [0.05, 0.1) is 6.42 Å². The van der Waals surface area contributed by atoms with Crippen molar-refractivity contribution in [1.29, 1.82) is 1.43 Å². The third kappa shape index (κ3) is 3.50. The van der Waals surface area contributed by atoms with Crippen LogP contribution >= 0.6 is 0 Å². The summed E-state index contributed by atoms with van der Waals surface area (Å²) in [6, 6.07) is 7.24. The Morgan fingerprint density at radius 2 is 1.81 bits per heavy atom. The molecule has 0 heterocycles. The second kappa shape index (κ2) is 5.45. The molecule has 1 aromatic carbocycles. The van der Waals surface area contributed by atoms with Gasteiger partial charge in [0.15, 0.2) is 0 Å². The molecule has 0 saturated carbocycles. The molecule has 1 aromatic rings. The number of carbonyl (C=O) groups is 2. The molecule has 16 heavy (non-hydrogen) atoms. The van der Waals surface area contributed by atoms with Crippen molar-refractivity contribution >= 4 is 11.8 Å². The Morgan fingerprint density at radius 3 is 2.31 bits per heavy atom. The van der Waals surface area contributed by atoms with Crippen LogP contribution in [0.25, 0.3) is 1.43 Å². The predicted molar refractivity (Wildman–Crippen MR) is 61.3 cm³/mol. The first-order valence-corrected chi connectivity index (χ1v) is 5.30. The number of rotatable bonds is 5. The van der Waals surface area contributed by atoms with E-state index < -0.39 is 5.97 Å². The number of benzene rings is 1. The molecule has 0 saturated heterocycles. The zero-order valence-corrected chi connectivity index (χ0v) is 9.53. The summed E-state index contributed by atoms with van der Waals surface area (Å²) in [7, 11) is 0. The van der Waals surface area contributed by atoms with E-state index in [4.69, 9.17) is 1.43 Å². The molecule has 0 fully saturated rings. The number of carboxylic acid groups (broad SMARTS) is 1. The number of carbonyl (C=O) groups excluding carboxylic acids is 1. The van der Waals surface area contributed by atoms with Gasteiger partial charge in [-0.1, -0.05) is 38.1 Å². The molecule has 0 atom stereocenters. The second-order valence-corrected chi connectivity index (χ2v) is 4.12. The quantitative estimate of drug-likeness (QED) is 0.828. The molecule has 0 aliphatic heterocycles. The summed E-state index contributed by atoms with van der Waals surface area (Å²) in [4.78, 5) is 22.7. The smallest absolute Gasteiger partial charge is 0.307 e. The van der Waals surface area contributed by atoms with Gasteiger partial charge in [0.2, 0.25) is 0 Å². The number of carboxylic acids is 1. The molecule has 1 N–H and O–H groups in total. The van der Waals surface area contributed by atoms with E-state index in [-0.39, 0.29) is 18.1 Å². The van der Waals surface area contributed by atoms with Gasteiger partial charge in [0.1, 0.15) is 5.78 Å². The molecule has 86 valence electrons. The highest BCUT2D eigenvalue weighted by molar-refractivity contribution is 5.83. The molecule has 0 aromatic heterocycles. The highest BCUT2D eigenvalue weighted by Crippen LogP contribution is 2.12. The number of hydrogen-bond acceptors (Lipinski definition) is 3. The fourth-order valence-electron chi connectivity index (χ4n) is 1.45. The van der Waals surface area contributed by atoms with Crippen LogP contribution in [-0.2, 0) is 22.4 Å². The molecular weight excluding hydrogens is 204 g/mol. The minimum absolute atomic E-state index is 0.0221. The van der Waals surface area contributed by atoms with E-state index in [9.17, 15) is 9.59 Å². The van der Waals surface area contributed by atoms with Gasteiger partial charge in [-0.2, -0.15) is 0 Å². The minimum atomic E-state index is -0.616. The molecule has 3 heteroatoms. The Kier molecular flexibility index (Phi) is 3.70. The van der Waals surface area contributed by atoms with E-state index in [1.54, 1.807) is 12.1 Å². The van der Waals surface area contributed by atoms with Gasteiger partial charge in [-0.3, -0.25) is 9.59 Å². The van der Waals surface area contributed by atoms with E-state index >= 15 is 0 Å². The van der Waals surface area contributed by atoms with Crippen molar-refractivity contribution < 1.29 is 14.7 Å². The van der Waals surface area contributed by atoms with Gasteiger partial charge < -0.3 is 5.11 Å². The predicted octanol–water partition coefficient (Wildman–Crippen LogP) is 2.08. The Morgan fingerprint density at radius 1 is 1.25 bits per heavy atom. The van der Waals surface area contributed by atoms with Gasteiger partial charge in [-0.15, -0.1) is 0 Å². The zero-order chi connectivity index (χ0) is 12.8. The normalized spacial score (nSPS) is 11.1. The maximum Gasteiger partial charge on any atom is 0.307 e. The van der Waals surface area contributed by atoms with Gasteiger partial charge >= 0.3 is 5.97 Å². The third-order valence-electron chi connectivity index (χ3n) is 2.46. The molecule has 0 unspecified atom stereocenters. The first-order valence-electron chi connectivity index (χ1n) is 5.71. The Hall–Kier alpha value is -1.64. The van der Waals surface area contributed by atoms with Crippen molar-refractivity contribution in [3.63, 3.8) is 0 Å². The fraction of sp³-hybridized carbons (Fsp3) is 0.385. The second-order valence-electron chi connectivity index (χ2n) is 4.12. The molecule has 0 amide bonds. The number of hydrogen-bond donors (Lipinski definition) is 1. The maximum absolute atomic E-state index is 11.7. The largest absolute Gasteiger partial charge is 0.481 e. The molecule has 3 nitrogen and oxygen atoms in total. The maximum atomic E-state index is 11.7. The van der Waals surface area contributed by atoms with Crippen molar-refractivity contribution in [3.8, 4) is 0 Å². The Bertz CT molecular complexity index is 413. The SMILES string of the molecule is [2H]OC(=O)Cc1ccccc1CC(=O)C(C)C. The van der Waals surface area contributed by atoms with Crippen LogP contribution in [-0.4, -0.2) is 16.9 Å². The van der Waals surface area contributed by atoms with Crippen LogP contribution in [0.5, 0.6) is 0 Å². The molecule has 0 bridgehead atoms. The van der Waals surface area contributed by atoms with Gasteiger partial charge in [-0.25, -0.2) is 0 Å². The topological polar surface area (TPSA) is 54.4 Å². The average Bonchev–Trinajstić information content (AvgIpc) is 2.31. The van der Waals surface area contributed by atoms with Crippen molar-refractivity contribution in [2.24, 2.45) is 5.92 Å². The number of ketones is 1. The molecule has 0 spiro atoms. The van der Waals surface area contributed by atoms with Crippen LogP contribution < -0.4 is 0 Å². The van der Waals surface area contributed by atoms with E-state index in [2.05, 4.69) is 5.11 Å². The highest BCUT2D eigenvalue weighted by Gasteiger charge is 2.12. The summed E-state index contributed by atoms with van der Waals surface area (Å²) in [5, 5.41) is 3.89. The van der Waals surface area contributed by atoms with E-state index in [0.717, 1.165) is 11.1 Å². The average molecular weight is 221 g/mol. The van der Waals surface area contributed by atoms with Crippen molar-refractivity contribution in [3.05, 3.63) is 35.4 Å². The van der Waals surface area contributed by atoms with Crippen molar-refractivity contribution in [2.45, 2.75) is 26.7 Å². The number of Topliss-reactive ketones (excluding diaryl/α,β-unsaturated/α-hetero) is 1. The molecule has 1 rings (SSSR count). The summed E-state index contributed by atoms with van der Waals surface area (Å²) in [6.07, 6.45) is 0.351.